The van der Waals surface area contributed by atoms with Gasteiger partial charge in [0.05, 0.1) is 4.47 Å². The van der Waals surface area contributed by atoms with Gasteiger partial charge in [0, 0.05) is 18.3 Å². The predicted octanol–water partition coefficient (Wildman–Crippen LogP) is 4.69. The summed E-state index contributed by atoms with van der Waals surface area (Å²) in [4.78, 5) is 8.82. The first kappa shape index (κ1) is 17.2. The lowest BCUT2D eigenvalue weighted by Gasteiger charge is -2.34. The van der Waals surface area contributed by atoms with Gasteiger partial charge in [-0.15, -0.1) is 0 Å². The van der Waals surface area contributed by atoms with Gasteiger partial charge in [0.15, 0.2) is 0 Å². The fourth-order valence-corrected chi connectivity index (χ4v) is 2.76. The Morgan fingerprint density at radius 2 is 1.85 bits per heavy atom. The number of nitrogens with one attached hydrogen (secondary N) is 2. The molecular weight excluding hydrogens is 316 g/mol. The second-order valence-corrected chi connectivity index (χ2v) is 7.92. The average Bonchev–Trinajstić information content (AvgIpc) is 2.26. The Bertz CT molecular complexity index is 438. The van der Waals surface area contributed by atoms with Gasteiger partial charge in [0.2, 0.25) is 5.95 Å². The molecule has 1 aromatic heterocycles. The zero-order valence-corrected chi connectivity index (χ0v) is 15.1. The van der Waals surface area contributed by atoms with Gasteiger partial charge >= 0.3 is 0 Å². The second-order valence-electron chi connectivity index (χ2n) is 7.06. The SMILES string of the molecule is CCCNc1ncc(Br)c(NC(C)(C)CC(C)(C)C)n1. The summed E-state index contributed by atoms with van der Waals surface area (Å²) in [6, 6.07) is 0. The summed E-state index contributed by atoms with van der Waals surface area (Å²) in [5.41, 5.74) is 0.233. The lowest BCUT2D eigenvalue weighted by atomic mass is 9.82. The van der Waals surface area contributed by atoms with Gasteiger partial charge in [-0.05, 0) is 48.0 Å². The minimum Gasteiger partial charge on any atom is -0.364 e. The number of rotatable bonds is 6. The molecule has 0 amide bonds. The third kappa shape index (κ3) is 6.07. The first-order chi connectivity index (χ1) is 9.13. The van der Waals surface area contributed by atoms with Crippen molar-refractivity contribution in [3.63, 3.8) is 0 Å². The van der Waals surface area contributed by atoms with E-state index < -0.39 is 0 Å². The standard InChI is InChI=1S/C15H27BrN4/c1-7-8-17-13-18-9-11(16)12(19-13)20-15(5,6)10-14(2,3)4/h9H,7-8,10H2,1-6H3,(H2,17,18,19,20). The summed E-state index contributed by atoms with van der Waals surface area (Å²) in [7, 11) is 0. The number of aromatic nitrogens is 2. The first-order valence-corrected chi connectivity index (χ1v) is 7.97. The maximum Gasteiger partial charge on any atom is 0.224 e. The first-order valence-electron chi connectivity index (χ1n) is 7.17. The highest BCUT2D eigenvalue weighted by atomic mass is 79.9. The van der Waals surface area contributed by atoms with E-state index in [1.165, 1.54) is 0 Å². The molecule has 0 bridgehead atoms. The van der Waals surface area contributed by atoms with Crippen molar-refractivity contribution in [3.8, 4) is 0 Å². The van der Waals surface area contributed by atoms with Crippen LogP contribution in [0.1, 0.15) is 54.4 Å². The molecule has 0 radical (unpaired) electrons. The fraction of sp³-hybridized carbons (Fsp3) is 0.733. The molecule has 0 aliphatic carbocycles. The van der Waals surface area contributed by atoms with Gasteiger partial charge in [0.25, 0.3) is 0 Å². The van der Waals surface area contributed by atoms with Gasteiger partial charge in [-0.1, -0.05) is 27.7 Å². The zero-order chi connectivity index (χ0) is 15.4. The quantitative estimate of drug-likeness (QED) is 0.787. The van der Waals surface area contributed by atoms with Crippen LogP contribution in [0.25, 0.3) is 0 Å². The molecule has 20 heavy (non-hydrogen) atoms. The number of hydrogen-bond donors (Lipinski definition) is 2. The Labute approximate surface area is 131 Å². The largest absolute Gasteiger partial charge is 0.364 e. The van der Waals surface area contributed by atoms with Crippen molar-refractivity contribution < 1.29 is 0 Å². The summed E-state index contributed by atoms with van der Waals surface area (Å²) in [6.07, 6.45) is 3.90. The highest BCUT2D eigenvalue weighted by molar-refractivity contribution is 9.10. The molecular formula is C15H27BrN4. The third-order valence-electron chi connectivity index (χ3n) is 2.71. The van der Waals surface area contributed by atoms with Crippen LogP contribution < -0.4 is 10.6 Å². The smallest absolute Gasteiger partial charge is 0.224 e. The summed E-state index contributed by atoms with van der Waals surface area (Å²) in [6.45, 7) is 14.2. The number of nitrogens with zero attached hydrogens (tertiary/aromatic N) is 2. The minimum absolute atomic E-state index is 0.0306. The van der Waals surface area contributed by atoms with Crippen molar-refractivity contribution in [2.24, 2.45) is 5.41 Å². The summed E-state index contributed by atoms with van der Waals surface area (Å²) >= 11 is 3.52. The Hall–Kier alpha value is -0.840. The third-order valence-corrected chi connectivity index (χ3v) is 3.29. The minimum atomic E-state index is -0.0306. The van der Waals surface area contributed by atoms with E-state index in [0.29, 0.717) is 5.95 Å². The maximum absolute atomic E-state index is 4.54. The van der Waals surface area contributed by atoms with E-state index in [-0.39, 0.29) is 11.0 Å². The fourth-order valence-electron chi connectivity index (χ4n) is 2.47. The van der Waals surface area contributed by atoms with E-state index in [4.69, 9.17) is 0 Å². The zero-order valence-electron chi connectivity index (χ0n) is 13.5. The molecule has 0 unspecified atom stereocenters. The van der Waals surface area contributed by atoms with Crippen LogP contribution in [0.15, 0.2) is 10.7 Å². The molecule has 1 heterocycles. The molecule has 4 nitrogen and oxygen atoms in total. The Morgan fingerprint density at radius 1 is 1.20 bits per heavy atom. The monoisotopic (exact) mass is 342 g/mol. The number of hydrogen-bond acceptors (Lipinski definition) is 4. The topological polar surface area (TPSA) is 49.8 Å². The molecule has 1 rings (SSSR count). The van der Waals surface area contributed by atoms with Crippen LogP contribution in [0.2, 0.25) is 0 Å². The molecule has 0 aromatic carbocycles. The van der Waals surface area contributed by atoms with Crippen LogP contribution in [-0.2, 0) is 0 Å². The van der Waals surface area contributed by atoms with Crippen molar-refractivity contribution in [1.82, 2.24) is 9.97 Å². The number of anilines is 2. The number of halogens is 1. The van der Waals surface area contributed by atoms with Gasteiger partial charge in [-0.25, -0.2) is 4.98 Å². The molecule has 0 atom stereocenters. The predicted molar refractivity (Wildman–Crippen MR) is 90.3 cm³/mol. The molecule has 0 fully saturated rings. The molecule has 0 aliphatic heterocycles. The molecule has 0 aliphatic rings. The van der Waals surface area contributed by atoms with E-state index in [2.05, 4.69) is 78.1 Å². The summed E-state index contributed by atoms with van der Waals surface area (Å²) in [5, 5.41) is 6.73. The van der Waals surface area contributed by atoms with Crippen molar-refractivity contribution in [2.75, 3.05) is 17.2 Å². The van der Waals surface area contributed by atoms with Crippen LogP contribution in [-0.4, -0.2) is 22.1 Å². The Kier molecular flexibility index (Phi) is 5.80. The summed E-state index contributed by atoms with van der Waals surface area (Å²) in [5.74, 6) is 1.51. The Morgan fingerprint density at radius 3 is 2.40 bits per heavy atom. The van der Waals surface area contributed by atoms with Crippen LogP contribution >= 0.6 is 15.9 Å². The maximum atomic E-state index is 4.54. The van der Waals surface area contributed by atoms with Crippen LogP contribution in [0.5, 0.6) is 0 Å². The van der Waals surface area contributed by atoms with E-state index >= 15 is 0 Å². The van der Waals surface area contributed by atoms with Crippen LogP contribution in [0, 0.1) is 5.41 Å². The molecule has 1 aromatic rings. The molecule has 0 saturated carbocycles. The average molecular weight is 343 g/mol. The van der Waals surface area contributed by atoms with Crippen molar-refractivity contribution in [3.05, 3.63) is 10.7 Å². The van der Waals surface area contributed by atoms with Gasteiger partial charge in [0.1, 0.15) is 5.82 Å². The van der Waals surface area contributed by atoms with E-state index in [1.807, 2.05) is 0 Å². The Balaban J connectivity index is 2.84. The molecule has 2 N–H and O–H groups in total. The lowest BCUT2D eigenvalue weighted by molar-refractivity contribution is 0.302. The van der Waals surface area contributed by atoms with Gasteiger partial charge in [-0.2, -0.15) is 4.98 Å². The highest BCUT2D eigenvalue weighted by Crippen LogP contribution is 2.31. The molecule has 5 heteroatoms. The molecule has 0 saturated heterocycles. The van der Waals surface area contributed by atoms with Crippen LogP contribution in [0.3, 0.4) is 0 Å². The lowest BCUT2D eigenvalue weighted by Crippen LogP contribution is -2.36. The van der Waals surface area contributed by atoms with Crippen molar-refractivity contribution in [2.45, 2.75) is 59.9 Å². The van der Waals surface area contributed by atoms with Crippen molar-refractivity contribution >= 4 is 27.7 Å². The van der Waals surface area contributed by atoms with Crippen molar-refractivity contribution in [1.29, 1.82) is 0 Å². The normalized spacial score (nSPS) is 12.3. The second kappa shape index (κ2) is 6.74. The van der Waals surface area contributed by atoms with Gasteiger partial charge < -0.3 is 10.6 Å². The van der Waals surface area contributed by atoms with E-state index in [9.17, 15) is 0 Å². The summed E-state index contributed by atoms with van der Waals surface area (Å²) < 4.78 is 0.890. The van der Waals surface area contributed by atoms with E-state index in [0.717, 1.165) is 29.7 Å². The highest BCUT2D eigenvalue weighted by Gasteiger charge is 2.26. The molecule has 114 valence electrons. The van der Waals surface area contributed by atoms with Crippen LogP contribution in [0.4, 0.5) is 11.8 Å². The van der Waals surface area contributed by atoms with Gasteiger partial charge in [-0.3, -0.25) is 0 Å². The van der Waals surface area contributed by atoms with E-state index in [1.54, 1.807) is 6.20 Å². The molecule has 0 spiro atoms.